The van der Waals surface area contributed by atoms with Crippen LogP contribution in [0.2, 0.25) is 0 Å². The number of methoxy groups -OCH3 is 1. The van der Waals surface area contributed by atoms with Crippen LogP contribution >= 0.6 is 0 Å². The fourth-order valence-electron chi connectivity index (χ4n) is 5.66. The molecular formula is C29H32F3N5O4. The monoisotopic (exact) mass is 571 g/mol. The van der Waals surface area contributed by atoms with Crippen molar-refractivity contribution >= 4 is 17.9 Å². The van der Waals surface area contributed by atoms with Crippen molar-refractivity contribution in [1.29, 1.82) is 0 Å². The van der Waals surface area contributed by atoms with Gasteiger partial charge in [0.1, 0.15) is 11.6 Å². The summed E-state index contributed by atoms with van der Waals surface area (Å²) in [5, 5.41) is 9.31. The molecule has 2 aliphatic heterocycles. The summed E-state index contributed by atoms with van der Waals surface area (Å²) in [6, 6.07) is 13.0. The zero-order valence-corrected chi connectivity index (χ0v) is 22.8. The normalized spacial score (nSPS) is 17.5. The number of nitrogens with zero attached hydrogens (tertiary/aromatic N) is 4. The van der Waals surface area contributed by atoms with E-state index in [1.807, 2.05) is 30.0 Å². The first-order chi connectivity index (χ1) is 19.5. The van der Waals surface area contributed by atoms with E-state index in [4.69, 9.17) is 15.2 Å². The summed E-state index contributed by atoms with van der Waals surface area (Å²) in [5.41, 5.74) is 8.21. The molecule has 1 aromatic heterocycles. The van der Waals surface area contributed by atoms with Crippen molar-refractivity contribution in [2.75, 3.05) is 43.9 Å². The molecule has 1 spiro atoms. The van der Waals surface area contributed by atoms with Crippen molar-refractivity contribution in [1.82, 2.24) is 14.9 Å². The summed E-state index contributed by atoms with van der Waals surface area (Å²) in [6.45, 7) is 4.04. The van der Waals surface area contributed by atoms with Crippen molar-refractivity contribution in [3.8, 4) is 22.8 Å². The lowest BCUT2D eigenvalue weighted by atomic mass is 9.78. The molecule has 0 radical (unpaired) electrons. The molecule has 0 unspecified atom stereocenters. The van der Waals surface area contributed by atoms with Gasteiger partial charge in [0.2, 0.25) is 17.9 Å². The zero-order chi connectivity index (χ0) is 29.4. The van der Waals surface area contributed by atoms with Crippen LogP contribution in [-0.2, 0) is 0 Å². The molecule has 12 heteroatoms. The minimum absolute atomic E-state index is 0.0804. The predicted octanol–water partition coefficient (Wildman–Crippen LogP) is 5.70. The molecule has 41 heavy (non-hydrogen) atoms. The number of carboxylic acid groups (broad SMARTS) is 1. The maximum Gasteiger partial charge on any atom is 0.429 e. The number of amides is 1. The van der Waals surface area contributed by atoms with E-state index in [1.54, 1.807) is 19.2 Å². The molecule has 3 heterocycles. The molecule has 3 aromatic rings. The average Bonchev–Trinajstić information content (AvgIpc) is 3.35. The molecule has 1 amide bonds. The van der Waals surface area contributed by atoms with Crippen LogP contribution in [-0.4, -0.2) is 65.5 Å². The Hall–Kier alpha value is -4.22. The Morgan fingerprint density at radius 1 is 1.02 bits per heavy atom. The minimum atomic E-state index is -4.72. The van der Waals surface area contributed by atoms with E-state index in [1.165, 1.54) is 23.1 Å². The van der Waals surface area contributed by atoms with Gasteiger partial charge in [0, 0.05) is 37.8 Å². The van der Waals surface area contributed by atoms with Crippen molar-refractivity contribution in [2.45, 2.75) is 38.5 Å². The Labute approximate surface area is 235 Å². The number of nitrogen functional groups attached to an aromatic ring is 1. The van der Waals surface area contributed by atoms with Crippen LogP contribution in [0.15, 0.2) is 48.5 Å². The summed E-state index contributed by atoms with van der Waals surface area (Å²) < 4.78 is 53.4. The van der Waals surface area contributed by atoms with Crippen molar-refractivity contribution in [3.05, 3.63) is 59.7 Å². The van der Waals surface area contributed by atoms with Gasteiger partial charge in [0.25, 0.3) is 0 Å². The number of rotatable bonds is 6. The molecule has 2 saturated heterocycles. The molecule has 2 aromatic carbocycles. The summed E-state index contributed by atoms with van der Waals surface area (Å²) in [4.78, 5) is 22.9. The molecule has 2 fully saturated rings. The second kappa shape index (κ2) is 11.0. The molecule has 5 rings (SSSR count). The van der Waals surface area contributed by atoms with Gasteiger partial charge < -0.3 is 30.1 Å². The first kappa shape index (κ1) is 28.3. The molecular weight excluding hydrogens is 539 g/mol. The molecule has 1 atom stereocenters. The number of carbonyl (C=O) groups is 1. The van der Waals surface area contributed by atoms with Crippen molar-refractivity contribution in [3.63, 3.8) is 0 Å². The molecule has 9 nitrogen and oxygen atoms in total. The number of alkyl halides is 3. The van der Waals surface area contributed by atoms with Gasteiger partial charge in [0.15, 0.2) is 0 Å². The summed E-state index contributed by atoms with van der Waals surface area (Å²) in [7, 11) is 1.57. The van der Waals surface area contributed by atoms with Gasteiger partial charge in [-0.15, -0.1) is 0 Å². The number of aromatic nitrogens is 2. The first-order valence-corrected chi connectivity index (χ1v) is 13.3. The van der Waals surface area contributed by atoms with E-state index in [-0.39, 0.29) is 22.8 Å². The number of hydrogen-bond donors (Lipinski definition) is 2. The number of ether oxygens (including phenoxy) is 2. The van der Waals surface area contributed by atoms with Gasteiger partial charge in [-0.05, 0) is 54.4 Å². The van der Waals surface area contributed by atoms with E-state index in [9.17, 15) is 23.1 Å². The van der Waals surface area contributed by atoms with Gasteiger partial charge in [-0.3, -0.25) is 0 Å². The topological polar surface area (TPSA) is 114 Å². The summed E-state index contributed by atoms with van der Waals surface area (Å²) >= 11 is 0. The molecule has 3 N–H and O–H groups in total. The third kappa shape index (κ3) is 6.10. The molecule has 218 valence electrons. The van der Waals surface area contributed by atoms with Crippen LogP contribution in [0.25, 0.3) is 11.1 Å². The smallest absolute Gasteiger partial charge is 0.429 e. The van der Waals surface area contributed by atoms with E-state index in [0.29, 0.717) is 37.7 Å². The van der Waals surface area contributed by atoms with E-state index < -0.39 is 18.4 Å². The number of piperidine rings is 1. The minimum Gasteiger partial charge on any atom is -0.496 e. The average molecular weight is 572 g/mol. The second-order valence-corrected chi connectivity index (χ2v) is 10.7. The Morgan fingerprint density at radius 2 is 1.68 bits per heavy atom. The molecule has 2 aliphatic rings. The fourth-order valence-corrected chi connectivity index (χ4v) is 5.66. The SMILES string of the molecule is COc1cc(-c2ccc([C@@H](Oc3cc(N4CCC5(CCN(C(=O)O)C5)CC4)nc(N)n3)C(F)(F)F)cc2)ccc1C. The number of nitrogens with two attached hydrogens (primary N) is 1. The lowest BCUT2D eigenvalue weighted by molar-refractivity contribution is -0.198. The second-order valence-electron chi connectivity index (χ2n) is 10.7. The highest BCUT2D eigenvalue weighted by molar-refractivity contribution is 5.66. The summed E-state index contributed by atoms with van der Waals surface area (Å²) in [5.74, 6) is 0.593. The number of anilines is 2. The number of hydrogen-bond acceptors (Lipinski definition) is 7. The maximum absolute atomic E-state index is 14.2. The number of likely N-dealkylation sites (tertiary alicyclic amines) is 1. The van der Waals surface area contributed by atoms with Crippen LogP contribution in [0.5, 0.6) is 11.6 Å². The highest BCUT2D eigenvalue weighted by Crippen LogP contribution is 2.42. The predicted molar refractivity (Wildman–Crippen MR) is 147 cm³/mol. The van der Waals surface area contributed by atoms with E-state index >= 15 is 0 Å². The fraction of sp³-hybridized carbons (Fsp3) is 0.414. The van der Waals surface area contributed by atoms with Gasteiger partial charge >= 0.3 is 12.3 Å². The van der Waals surface area contributed by atoms with Gasteiger partial charge in [-0.1, -0.05) is 36.4 Å². The molecule has 0 bridgehead atoms. The van der Waals surface area contributed by atoms with Crippen LogP contribution in [0, 0.1) is 12.3 Å². The van der Waals surface area contributed by atoms with Gasteiger partial charge in [-0.25, -0.2) is 4.79 Å². The number of halogens is 3. The third-order valence-electron chi connectivity index (χ3n) is 8.05. The lowest BCUT2D eigenvalue weighted by Gasteiger charge is -2.39. The Bertz CT molecular complexity index is 1410. The maximum atomic E-state index is 14.2. The third-order valence-corrected chi connectivity index (χ3v) is 8.05. The Morgan fingerprint density at radius 3 is 2.29 bits per heavy atom. The number of benzene rings is 2. The van der Waals surface area contributed by atoms with Crippen LogP contribution < -0.4 is 20.1 Å². The highest BCUT2D eigenvalue weighted by Gasteiger charge is 2.44. The van der Waals surface area contributed by atoms with Crippen LogP contribution in [0.3, 0.4) is 0 Å². The number of aryl methyl sites for hydroxylation is 1. The van der Waals surface area contributed by atoms with Crippen LogP contribution in [0.4, 0.5) is 29.7 Å². The van der Waals surface area contributed by atoms with Crippen molar-refractivity contribution < 1.29 is 32.5 Å². The Balaban J connectivity index is 1.32. The standard InChI is InChI=1S/C29H32F3N5O4/c1-18-3-4-21(15-22(18)40-2)19-5-7-20(8-6-19)25(29(30,31)32)41-24-16-23(34-26(33)35-24)36-12-9-28(10-13-36)11-14-37(17-28)27(38)39/h3-8,15-16,25H,9-14,17H2,1-2H3,(H,38,39)(H2,33,34,35)/t25-/m1/s1. The molecule has 0 aliphatic carbocycles. The van der Waals surface area contributed by atoms with E-state index in [2.05, 4.69) is 9.97 Å². The van der Waals surface area contributed by atoms with Crippen molar-refractivity contribution in [2.24, 2.45) is 5.41 Å². The first-order valence-electron chi connectivity index (χ1n) is 13.3. The van der Waals surface area contributed by atoms with Gasteiger partial charge in [-0.2, -0.15) is 23.1 Å². The largest absolute Gasteiger partial charge is 0.496 e. The summed E-state index contributed by atoms with van der Waals surface area (Å²) in [6.07, 6.45) is -5.64. The zero-order valence-electron chi connectivity index (χ0n) is 22.8. The Kier molecular flexibility index (Phi) is 7.58. The lowest BCUT2D eigenvalue weighted by Crippen LogP contribution is -2.42. The quantitative estimate of drug-likeness (QED) is 0.388. The van der Waals surface area contributed by atoms with Crippen LogP contribution in [0.1, 0.15) is 36.5 Å². The van der Waals surface area contributed by atoms with Gasteiger partial charge in [0.05, 0.1) is 7.11 Å². The molecule has 0 saturated carbocycles. The van der Waals surface area contributed by atoms with E-state index in [0.717, 1.165) is 36.0 Å². The highest BCUT2D eigenvalue weighted by atomic mass is 19.4.